The second-order valence-electron chi connectivity index (χ2n) is 23.7. The van der Waals surface area contributed by atoms with E-state index >= 15 is 4.79 Å². The van der Waals surface area contributed by atoms with Gasteiger partial charge >= 0.3 is 16.5 Å². The first kappa shape index (κ1) is 86.7. The first-order valence-corrected chi connectivity index (χ1v) is 36.4. The van der Waals surface area contributed by atoms with Gasteiger partial charge in [0.15, 0.2) is 24.4 Å². The first-order chi connectivity index (χ1) is 48.7. The minimum absolute atomic E-state index is 0.0311. The van der Waals surface area contributed by atoms with Gasteiger partial charge in [0.1, 0.15) is 100 Å². The fourth-order valence-electron chi connectivity index (χ4n) is 10.1. The van der Waals surface area contributed by atoms with Crippen LogP contribution in [0, 0.1) is 12.8 Å². The van der Waals surface area contributed by atoms with Crippen LogP contribution in [0.25, 0.3) is 10.7 Å². The van der Waals surface area contributed by atoms with E-state index in [0.717, 1.165) is 12.5 Å². The van der Waals surface area contributed by atoms with Crippen LogP contribution >= 0.6 is 22.7 Å². The average molecular weight is 1560 g/mol. The highest BCUT2D eigenvalue weighted by Crippen LogP contribution is 2.35. The molecule has 104 heavy (non-hydrogen) atoms. The van der Waals surface area contributed by atoms with E-state index in [1.165, 1.54) is 50.4 Å². The Morgan fingerprint density at radius 3 is 2.02 bits per heavy atom. The molecule has 4 aromatic heterocycles. The number of hydrogen-bond acceptors (Lipinski definition) is 34. The van der Waals surface area contributed by atoms with Gasteiger partial charge in [0.2, 0.25) is 29.5 Å². The maximum atomic E-state index is 15.2. The predicted molar refractivity (Wildman–Crippen MR) is 361 cm³/mol. The number of rotatable bonds is 37. The van der Waals surface area contributed by atoms with Crippen molar-refractivity contribution in [3.63, 3.8) is 0 Å². The van der Waals surface area contributed by atoms with E-state index in [1.54, 1.807) is 10.8 Å². The summed E-state index contributed by atoms with van der Waals surface area (Å²) >= 11 is 2.45. The number of nitrogens with zero attached hydrogens (tertiary/aromatic N) is 5. The Labute approximate surface area is 602 Å². The Morgan fingerprint density at radius 2 is 1.42 bits per heavy atom. The predicted octanol–water partition coefficient (Wildman–Crippen LogP) is -9.50. The summed E-state index contributed by atoms with van der Waals surface area (Å²) in [6.45, 7) is 2.95. The van der Waals surface area contributed by atoms with Crippen molar-refractivity contribution in [2.75, 3.05) is 56.3 Å². The third-order valence-electron chi connectivity index (χ3n) is 15.6. The second kappa shape index (κ2) is 40.0. The fraction of sp³-hybridized carbons (Fsp3) is 0.607. The second-order valence-corrected chi connectivity index (χ2v) is 28.6. The molecule has 6 heterocycles. The van der Waals surface area contributed by atoms with Crippen LogP contribution in [-0.4, -0.2) is 290 Å². The fourth-order valence-corrected chi connectivity index (χ4v) is 13.0. The van der Waals surface area contributed by atoms with Crippen LogP contribution in [0.2, 0.25) is 0 Å². The van der Waals surface area contributed by atoms with Gasteiger partial charge in [0.25, 0.3) is 17.7 Å². The molecule has 20 unspecified atom stereocenters. The number of primary amides is 4. The Morgan fingerprint density at radius 1 is 0.769 bits per heavy atom. The molecule has 48 heteroatoms. The van der Waals surface area contributed by atoms with Crippen LogP contribution in [0.3, 0.4) is 0 Å². The Balaban J connectivity index is 0.00000375. The molecule has 2 aliphatic heterocycles. The van der Waals surface area contributed by atoms with Gasteiger partial charge in [0.05, 0.1) is 78.9 Å². The molecule has 0 aliphatic carbocycles. The zero-order valence-corrected chi connectivity index (χ0v) is 59.5. The molecule has 6 rings (SSSR count). The van der Waals surface area contributed by atoms with Crippen molar-refractivity contribution in [3.8, 4) is 10.7 Å². The highest BCUT2D eigenvalue weighted by atomic mass is 32.3. The lowest BCUT2D eigenvalue weighted by atomic mass is 9.96. The normalized spacial score (nSPS) is 23.3. The minimum atomic E-state index is -4.67. The van der Waals surface area contributed by atoms with Gasteiger partial charge in [-0.2, -0.15) is 8.42 Å². The van der Waals surface area contributed by atoms with Gasteiger partial charge in [0, 0.05) is 55.2 Å². The number of thiazole rings is 2. The van der Waals surface area contributed by atoms with Crippen LogP contribution in [0.1, 0.15) is 88.8 Å². The molecule has 2 fully saturated rings. The number of carbonyl (C=O) groups excluding carboxylic acids is 9. The number of H-pyrrole nitrogens is 1. The molecule has 0 saturated carbocycles. The number of carbonyl (C=O) groups is 9. The van der Waals surface area contributed by atoms with E-state index in [9.17, 15) is 79.2 Å². The number of aliphatic hydroxyl groups is 8. The Hall–Kier alpha value is -7.96. The molecule has 2 saturated heterocycles. The summed E-state index contributed by atoms with van der Waals surface area (Å²) in [4.78, 5) is 142. The summed E-state index contributed by atoms with van der Waals surface area (Å²) in [5, 5.41) is 108. The van der Waals surface area contributed by atoms with Crippen LogP contribution in [0.5, 0.6) is 0 Å². The summed E-state index contributed by atoms with van der Waals surface area (Å²) in [5.41, 5.74) is 33.2. The van der Waals surface area contributed by atoms with Crippen molar-refractivity contribution in [1.82, 2.24) is 61.8 Å². The van der Waals surface area contributed by atoms with Gasteiger partial charge in [-0.15, -0.1) is 22.7 Å². The van der Waals surface area contributed by atoms with Crippen molar-refractivity contribution >= 4 is 103 Å². The van der Waals surface area contributed by atoms with Crippen LogP contribution in [0.15, 0.2) is 23.3 Å². The summed E-state index contributed by atoms with van der Waals surface area (Å²) in [6.07, 6.45) is -22.7. The van der Waals surface area contributed by atoms with E-state index in [-0.39, 0.29) is 76.6 Å². The highest BCUT2D eigenvalue weighted by Gasteiger charge is 2.54. The van der Waals surface area contributed by atoms with E-state index in [1.807, 2.05) is 6.26 Å². The number of nitrogens with one attached hydrogen (secondary N) is 7. The maximum Gasteiger partial charge on any atom is 0.404 e. The van der Waals surface area contributed by atoms with E-state index in [0.29, 0.717) is 34.4 Å². The highest BCUT2D eigenvalue weighted by molar-refractivity contribution is 7.96. The van der Waals surface area contributed by atoms with Crippen molar-refractivity contribution in [2.24, 2.45) is 34.6 Å². The minimum Gasteiger partial charge on any atom is -0.441 e. The first-order valence-electron chi connectivity index (χ1n) is 31.3. The lowest BCUT2D eigenvalue weighted by Gasteiger charge is -2.47. The van der Waals surface area contributed by atoms with Gasteiger partial charge in [-0.05, 0) is 31.7 Å². The number of aromatic amines is 1. The standard InChI is InChI=1S/C56H84N18O22S3.H2O4S/c1-20-34(71-47(74-45(20)60)25(11-31(58)78)66-12-24(57)46(61)85)51(89)73-36(42(26-13-63-19-67-26)94-55-44(40(83)38(81)29(14-75)93-55)95-54-41(84)43(96-56(62)91)39(82)30(15-76)92-54)52(90)68-22(3)37(80)21(2)48(86)72-35(23(4)77)50(88)65-9-7-33-69-28(17-97-33)53-70-27(16-98-53)49(87)64-8-6-10-99(5)18-32(59)79;1-5(2,3)4/h13,16-17,19,21-25,29-30,35-44,54-55,66,75-77,80-84H,6-12,14-15,18,57H2,1-5H3,(H15-,58,59,60,61,62,63,64,65,67,68,71,72,73,74,78,79,85,86,87,88,89,90,91);(H2,1,2,3,4)/p+1. The number of anilines is 1. The van der Waals surface area contributed by atoms with E-state index < -0.39 is 193 Å². The number of amides is 9. The third kappa shape index (κ3) is 25.4. The number of hydrogen-bond donors (Lipinski definition) is 23. The molecular weight excluding hydrogens is 1470 g/mol. The SMILES string of the molecule is Cc1c(N)nc(C(CC(N)=O)NCC(N)C(N)=O)nc1C(=O)NC(C(=O)NC(C)C(O)C(C)C(=O)NC(C(=O)NCCc1nc(-c2nc(C(=O)NCCC[S+](C)CC(N)=O)cs2)cs1)C(C)O)C(OC1OC(CO)C(O)C(O)C1OC1OC(CO)C(O)C(OC(N)=O)C1O)c1cnc[nH]1.O=S(=O)(O)O. The van der Waals surface area contributed by atoms with Crippen molar-refractivity contribution < 1.29 is 125 Å². The van der Waals surface area contributed by atoms with Crippen LogP contribution in [-0.2, 0) is 80.2 Å². The van der Waals surface area contributed by atoms with Gasteiger partial charge in [-0.25, -0.2) is 29.7 Å². The average Bonchev–Trinajstić information content (AvgIpc) is 0.994. The number of aliphatic hydroxyl groups excluding tert-OH is 8. The Kier molecular flexibility index (Phi) is 33.3. The lowest BCUT2D eigenvalue weighted by molar-refractivity contribution is -0.372. The topological polar surface area (TPSA) is 745 Å². The zero-order valence-electron chi connectivity index (χ0n) is 56.2. The molecular formula is C56H87N18O26S4+. The zero-order chi connectivity index (χ0) is 77.8. The molecule has 44 nitrogen and oxygen atoms in total. The summed E-state index contributed by atoms with van der Waals surface area (Å²) in [7, 11) is -4.87. The molecule has 0 spiro atoms. The molecule has 20 atom stereocenters. The number of imidazole rings is 1. The number of nitrogen functional groups attached to an aromatic ring is 1. The molecule has 2 aliphatic rings. The number of ether oxygens (including phenoxy) is 5. The van der Waals surface area contributed by atoms with Gasteiger partial charge in [-0.1, -0.05) is 6.92 Å². The largest absolute Gasteiger partial charge is 0.441 e. The van der Waals surface area contributed by atoms with Crippen molar-refractivity contribution in [1.29, 1.82) is 0 Å². The quantitative estimate of drug-likeness (QED) is 0.0113. The number of nitrogens with two attached hydrogens (primary N) is 6. The molecule has 0 radical (unpaired) electrons. The molecule has 29 N–H and O–H groups in total. The maximum absolute atomic E-state index is 15.2. The molecule has 580 valence electrons. The van der Waals surface area contributed by atoms with Gasteiger partial charge < -0.3 is 136 Å². The van der Waals surface area contributed by atoms with Crippen molar-refractivity contribution in [2.45, 2.75) is 157 Å². The monoisotopic (exact) mass is 1560 g/mol. The van der Waals surface area contributed by atoms with Crippen molar-refractivity contribution in [3.05, 3.63) is 56.8 Å². The molecule has 4 aromatic rings. The smallest absolute Gasteiger partial charge is 0.404 e. The summed E-state index contributed by atoms with van der Waals surface area (Å²) in [5.74, 6) is -8.24. The third-order valence-corrected chi connectivity index (χ3v) is 19.1. The Bertz CT molecular complexity index is 3670. The molecule has 9 amide bonds. The number of aromatic nitrogens is 6. The molecule has 0 bridgehead atoms. The van der Waals surface area contributed by atoms with Gasteiger partial charge in [-0.3, -0.25) is 47.5 Å². The lowest BCUT2D eigenvalue weighted by Crippen LogP contribution is -2.65. The van der Waals surface area contributed by atoms with Crippen LogP contribution < -0.4 is 66.3 Å². The van der Waals surface area contributed by atoms with Crippen LogP contribution in [0.4, 0.5) is 10.6 Å². The summed E-state index contributed by atoms with van der Waals surface area (Å²) in [6, 6.07) is -7.90. The molecule has 0 aromatic carbocycles. The summed E-state index contributed by atoms with van der Waals surface area (Å²) < 4.78 is 60.3. The van der Waals surface area contributed by atoms with E-state index in [2.05, 4.69) is 61.8 Å². The van der Waals surface area contributed by atoms with E-state index in [4.69, 9.17) is 75.6 Å².